The summed E-state index contributed by atoms with van der Waals surface area (Å²) in [5, 5.41) is 10.1. The molecule has 5 rings (SSSR count). The summed E-state index contributed by atoms with van der Waals surface area (Å²) >= 11 is 0. The van der Waals surface area contributed by atoms with Crippen molar-refractivity contribution in [1.82, 2.24) is 25.1 Å². The van der Waals surface area contributed by atoms with Gasteiger partial charge in [-0.25, -0.2) is 13.8 Å². The van der Waals surface area contributed by atoms with Crippen LogP contribution in [0.15, 0.2) is 48.9 Å². The Morgan fingerprint density at radius 3 is 2.85 bits per heavy atom. The molecule has 1 fully saturated rings. The van der Waals surface area contributed by atoms with E-state index in [1.165, 1.54) is 12.5 Å². The number of aromatic nitrogens is 2. The van der Waals surface area contributed by atoms with Gasteiger partial charge in [0.25, 0.3) is 0 Å². The van der Waals surface area contributed by atoms with Gasteiger partial charge in [-0.1, -0.05) is 38.5 Å². The molecule has 7 nitrogen and oxygen atoms in total. The molecule has 0 saturated carbocycles. The lowest BCUT2D eigenvalue weighted by atomic mass is 9.87. The molecule has 1 aromatic heterocycles. The molecule has 3 N–H and O–H groups in total. The number of para-hydroxylation sites is 1. The second kappa shape index (κ2) is 12.8. The third kappa shape index (κ3) is 7.20. The molecule has 0 bridgehead atoms. The maximum absolute atomic E-state index is 14.4. The lowest BCUT2D eigenvalue weighted by Crippen LogP contribution is -2.48. The average molecular weight is 565 g/mol. The number of nitrogens with one attached hydrogen (secondary N) is 3. The molecule has 1 saturated heterocycles. The number of likely N-dealkylation sites (tertiary alicyclic amines) is 1. The van der Waals surface area contributed by atoms with Crippen molar-refractivity contribution in [3.63, 3.8) is 0 Å². The van der Waals surface area contributed by atoms with Crippen LogP contribution in [0.25, 0.3) is 5.69 Å². The molecule has 2 heterocycles. The molecular weight excluding hydrogens is 522 g/mol. The van der Waals surface area contributed by atoms with Crippen molar-refractivity contribution in [3.8, 4) is 5.69 Å². The minimum absolute atomic E-state index is 0.0615. The Balaban J connectivity index is 1.20. The van der Waals surface area contributed by atoms with Crippen LogP contribution in [0, 0.1) is 17.0 Å². The van der Waals surface area contributed by atoms with Gasteiger partial charge in [-0.15, -0.1) is 0 Å². The number of halogens is 2. The highest BCUT2D eigenvalue weighted by Crippen LogP contribution is 2.28. The zero-order valence-corrected chi connectivity index (χ0v) is 24.4. The summed E-state index contributed by atoms with van der Waals surface area (Å²) in [4.78, 5) is 20.2. The van der Waals surface area contributed by atoms with Crippen LogP contribution in [0.1, 0.15) is 56.2 Å². The SMILES string of the molecule is CCC[C@H](NC1CCc2cc(F)cc(F)c2C1)C(=O)Nc1cn(-c2ccccc2CNCC2(C)CCN(C)C2)cn1. The molecule has 2 aromatic carbocycles. The molecule has 41 heavy (non-hydrogen) atoms. The maximum Gasteiger partial charge on any atom is 0.242 e. The summed E-state index contributed by atoms with van der Waals surface area (Å²) in [7, 11) is 2.18. The molecule has 0 radical (unpaired) electrons. The van der Waals surface area contributed by atoms with Crippen LogP contribution in [0.5, 0.6) is 0 Å². The Morgan fingerprint density at radius 2 is 2.07 bits per heavy atom. The topological polar surface area (TPSA) is 74.2 Å². The number of hydrogen-bond acceptors (Lipinski definition) is 5. The largest absolute Gasteiger partial charge is 0.312 e. The molecule has 1 aliphatic carbocycles. The fourth-order valence-corrected chi connectivity index (χ4v) is 6.35. The van der Waals surface area contributed by atoms with E-state index in [9.17, 15) is 13.6 Å². The third-order valence-corrected chi connectivity index (χ3v) is 8.52. The van der Waals surface area contributed by atoms with Gasteiger partial charge in [0.2, 0.25) is 5.91 Å². The van der Waals surface area contributed by atoms with Gasteiger partial charge >= 0.3 is 0 Å². The quantitative estimate of drug-likeness (QED) is 0.311. The van der Waals surface area contributed by atoms with E-state index < -0.39 is 17.7 Å². The zero-order valence-electron chi connectivity index (χ0n) is 24.4. The first-order valence-electron chi connectivity index (χ1n) is 14.8. The number of fused-ring (bicyclic) bond motifs is 1. The maximum atomic E-state index is 14.4. The molecule has 2 unspecified atom stereocenters. The van der Waals surface area contributed by atoms with Crippen LogP contribution in [-0.2, 0) is 24.2 Å². The fraction of sp³-hybridized carbons (Fsp3) is 0.500. The highest BCUT2D eigenvalue weighted by Gasteiger charge is 2.31. The predicted molar refractivity (Wildman–Crippen MR) is 158 cm³/mol. The smallest absolute Gasteiger partial charge is 0.242 e. The van der Waals surface area contributed by atoms with E-state index in [1.54, 1.807) is 6.33 Å². The van der Waals surface area contributed by atoms with Gasteiger partial charge in [-0.3, -0.25) is 4.79 Å². The van der Waals surface area contributed by atoms with Crippen LogP contribution in [0.4, 0.5) is 14.6 Å². The van der Waals surface area contributed by atoms with Crippen LogP contribution >= 0.6 is 0 Å². The second-order valence-electron chi connectivity index (χ2n) is 12.2. The number of amides is 1. The van der Waals surface area contributed by atoms with Crippen molar-refractivity contribution in [1.29, 1.82) is 0 Å². The van der Waals surface area contributed by atoms with Gasteiger partial charge in [-0.05, 0) is 79.9 Å². The minimum Gasteiger partial charge on any atom is -0.312 e. The first-order chi connectivity index (χ1) is 19.7. The third-order valence-electron chi connectivity index (χ3n) is 8.52. The number of aryl methyl sites for hydroxylation is 1. The Labute approximate surface area is 241 Å². The molecule has 1 amide bonds. The lowest BCUT2D eigenvalue weighted by molar-refractivity contribution is -0.118. The fourth-order valence-electron chi connectivity index (χ4n) is 6.35. The summed E-state index contributed by atoms with van der Waals surface area (Å²) in [5.41, 5.74) is 3.73. The van der Waals surface area contributed by atoms with E-state index in [4.69, 9.17) is 0 Å². The number of benzene rings is 2. The van der Waals surface area contributed by atoms with Crippen LogP contribution in [-0.4, -0.2) is 59.1 Å². The van der Waals surface area contributed by atoms with Gasteiger partial charge in [0.1, 0.15) is 18.0 Å². The summed E-state index contributed by atoms with van der Waals surface area (Å²) in [6.45, 7) is 8.32. The summed E-state index contributed by atoms with van der Waals surface area (Å²) in [6, 6.07) is 10.1. The van der Waals surface area contributed by atoms with Crippen LogP contribution in [0.3, 0.4) is 0 Å². The van der Waals surface area contributed by atoms with Gasteiger partial charge < -0.3 is 25.4 Å². The van der Waals surface area contributed by atoms with Crippen molar-refractivity contribution in [2.24, 2.45) is 5.41 Å². The van der Waals surface area contributed by atoms with E-state index in [0.717, 1.165) is 61.9 Å². The van der Waals surface area contributed by atoms with Gasteiger partial charge in [0.15, 0.2) is 5.82 Å². The second-order valence-corrected chi connectivity index (χ2v) is 12.2. The number of imidazole rings is 1. The Hall–Kier alpha value is -3.14. The number of rotatable bonds is 11. The van der Waals surface area contributed by atoms with E-state index in [-0.39, 0.29) is 17.4 Å². The molecule has 220 valence electrons. The number of carbonyl (C=O) groups is 1. The van der Waals surface area contributed by atoms with E-state index in [2.05, 4.69) is 51.9 Å². The number of nitrogens with zero attached hydrogens (tertiary/aromatic N) is 3. The molecule has 1 aliphatic heterocycles. The molecule has 3 aromatic rings. The highest BCUT2D eigenvalue weighted by molar-refractivity contribution is 5.94. The van der Waals surface area contributed by atoms with Crippen molar-refractivity contribution >= 4 is 11.7 Å². The van der Waals surface area contributed by atoms with Gasteiger partial charge in [0, 0.05) is 31.7 Å². The first-order valence-corrected chi connectivity index (χ1v) is 14.8. The van der Waals surface area contributed by atoms with Crippen molar-refractivity contribution in [2.45, 2.75) is 71.0 Å². The van der Waals surface area contributed by atoms with E-state index in [0.29, 0.717) is 30.6 Å². The average Bonchev–Trinajstić information content (AvgIpc) is 3.54. The van der Waals surface area contributed by atoms with Gasteiger partial charge in [0.05, 0.1) is 17.9 Å². The Kier molecular flexibility index (Phi) is 9.16. The molecule has 0 spiro atoms. The van der Waals surface area contributed by atoms with Gasteiger partial charge in [-0.2, -0.15) is 0 Å². The van der Waals surface area contributed by atoms with Crippen molar-refractivity contribution in [3.05, 3.63) is 77.2 Å². The first kappa shape index (κ1) is 29.4. The molecule has 2 aliphatic rings. The number of hydrogen-bond donors (Lipinski definition) is 3. The lowest BCUT2D eigenvalue weighted by Gasteiger charge is -2.29. The molecule has 3 atom stereocenters. The zero-order chi connectivity index (χ0) is 29.0. The summed E-state index contributed by atoms with van der Waals surface area (Å²) < 4.78 is 30.0. The summed E-state index contributed by atoms with van der Waals surface area (Å²) in [5.74, 6) is -0.727. The standard InChI is InChI=1S/C32H42F2N6O/c1-4-7-28(37-25-11-10-22-14-24(33)15-27(34)26(22)16-25)31(41)38-30-18-40(21-36-30)29-9-6-5-8-23(29)17-35-19-32(2)12-13-39(3)20-32/h5-6,8-9,14-15,18,21,25,28,35,37H,4,7,10-13,16-17,19-20H2,1-3H3,(H,38,41)/t25?,28-,32?/m0/s1. The minimum atomic E-state index is -0.541. The van der Waals surface area contributed by atoms with Crippen LogP contribution < -0.4 is 16.0 Å². The van der Waals surface area contributed by atoms with Crippen LogP contribution in [0.2, 0.25) is 0 Å². The van der Waals surface area contributed by atoms with Crippen molar-refractivity contribution in [2.75, 3.05) is 32.0 Å². The van der Waals surface area contributed by atoms with Crippen molar-refractivity contribution < 1.29 is 13.6 Å². The monoisotopic (exact) mass is 564 g/mol. The number of carbonyl (C=O) groups excluding carboxylic acids is 1. The molecular formula is C32H42F2N6O. The Morgan fingerprint density at radius 1 is 1.24 bits per heavy atom. The normalized spacial score (nSPS) is 21.5. The van der Waals surface area contributed by atoms with E-state index in [1.807, 2.05) is 29.8 Å². The van der Waals surface area contributed by atoms with E-state index >= 15 is 0 Å². The summed E-state index contributed by atoms with van der Waals surface area (Å²) in [6.07, 6.45) is 7.96. The number of anilines is 1. The predicted octanol–water partition coefficient (Wildman–Crippen LogP) is 4.84. The molecule has 9 heteroatoms. The Bertz CT molecular complexity index is 1360. The highest BCUT2D eigenvalue weighted by atomic mass is 19.1.